The largest absolute Gasteiger partial charge is 0.490 e. The molecule has 0 aliphatic carbocycles. The molecule has 0 N–H and O–H groups in total. The second-order valence-corrected chi connectivity index (χ2v) is 7.30. The molecule has 0 spiro atoms. The van der Waals surface area contributed by atoms with Gasteiger partial charge in [-0.1, -0.05) is 25.1 Å². The lowest BCUT2D eigenvalue weighted by atomic mass is 10.2. The number of ether oxygens (including phenoxy) is 2. The van der Waals surface area contributed by atoms with E-state index in [0.717, 1.165) is 18.4 Å². The third-order valence-electron chi connectivity index (χ3n) is 3.39. The molecule has 2 aromatic rings. The Morgan fingerprint density at radius 3 is 2.50 bits per heavy atom. The molecule has 0 aromatic heterocycles. The quantitative estimate of drug-likeness (QED) is 0.568. The van der Waals surface area contributed by atoms with Gasteiger partial charge in [0.25, 0.3) is 0 Å². The van der Waals surface area contributed by atoms with E-state index < -0.39 is 15.8 Å². The zero-order chi connectivity index (χ0) is 17.6. The monoisotopic (exact) mass is 348 g/mol. The van der Waals surface area contributed by atoms with Crippen LogP contribution in [0, 0.1) is 0 Å². The number of rotatable bonds is 7. The molecular formula is C18H20O5S. The summed E-state index contributed by atoms with van der Waals surface area (Å²) in [6, 6.07) is 13.5. The molecule has 0 aliphatic heterocycles. The molecule has 0 saturated carbocycles. The molecule has 0 bridgehead atoms. The summed E-state index contributed by atoms with van der Waals surface area (Å²) in [5.41, 5.74) is 1.37. The third kappa shape index (κ3) is 5.09. The second kappa shape index (κ2) is 7.97. The van der Waals surface area contributed by atoms with Crippen molar-refractivity contribution in [2.45, 2.75) is 18.2 Å². The molecule has 128 valence electrons. The first-order valence-electron chi connectivity index (χ1n) is 7.59. The van der Waals surface area contributed by atoms with Gasteiger partial charge in [-0.15, -0.1) is 0 Å². The summed E-state index contributed by atoms with van der Waals surface area (Å²) in [4.78, 5) is 12.1. The average Bonchev–Trinajstić information content (AvgIpc) is 2.58. The van der Waals surface area contributed by atoms with Crippen LogP contribution in [-0.2, 0) is 21.0 Å². The van der Waals surface area contributed by atoms with Gasteiger partial charge in [-0.05, 0) is 42.3 Å². The number of sulfone groups is 1. The van der Waals surface area contributed by atoms with Crippen LogP contribution >= 0.6 is 0 Å². The first-order chi connectivity index (χ1) is 11.4. The number of carbonyl (C=O) groups excluding carboxylic acids is 1. The summed E-state index contributed by atoms with van der Waals surface area (Å²) in [5, 5.41) is 0. The Morgan fingerprint density at radius 1 is 1.04 bits per heavy atom. The minimum Gasteiger partial charge on any atom is -0.490 e. The molecule has 5 nitrogen and oxygen atoms in total. The maximum absolute atomic E-state index is 12.0. The topological polar surface area (TPSA) is 69.7 Å². The van der Waals surface area contributed by atoms with Gasteiger partial charge in [0.15, 0.2) is 9.84 Å². The number of hydrogen-bond acceptors (Lipinski definition) is 5. The molecule has 0 atom stereocenters. The summed E-state index contributed by atoms with van der Waals surface area (Å²) >= 11 is 0. The van der Waals surface area contributed by atoms with Crippen LogP contribution in [0.5, 0.6) is 5.75 Å². The smallest absolute Gasteiger partial charge is 0.338 e. The van der Waals surface area contributed by atoms with Crippen LogP contribution in [-0.4, -0.2) is 33.9 Å². The fraction of sp³-hybridized carbons (Fsp3) is 0.278. The van der Waals surface area contributed by atoms with Gasteiger partial charge < -0.3 is 9.47 Å². The zero-order valence-corrected chi connectivity index (χ0v) is 14.5. The number of aryl methyl sites for hydroxylation is 1. The SMILES string of the molecule is CCc1cccc(OCCOC(=O)c2cccc(S(C)(=O)=O)c2)c1. The fourth-order valence-electron chi connectivity index (χ4n) is 2.09. The predicted molar refractivity (Wildman–Crippen MR) is 91.1 cm³/mol. The van der Waals surface area contributed by atoms with E-state index in [4.69, 9.17) is 9.47 Å². The highest BCUT2D eigenvalue weighted by atomic mass is 32.2. The average molecular weight is 348 g/mol. The van der Waals surface area contributed by atoms with Crippen molar-refractivity contribution in [2.75, 3.05) is 19.5 Å². The van der Waals surface area contributed by atoms with Gasteiger partial charge in [0.2, 0.25) is 0 Å². The maximum atomic E-state index is 12.0. The van der Waals surface area contributed by atoms with E-state index in [1.807, 2.05) is 24.3 Å². The van der Waals surface area contributed by atoms with E-state index in [1.54, 1.807) is 0 Å². The van der Waals surface area contributed by atoms with Crippen LogP contribution in [0.15, 0.2) is 53.4 Å². The third-order valence-corrected chi connectivity index (χ3v) is 4.50. The summed E-state index contributed by atoms with van der Waals surface area (Å²) in [6.07, 6.45) is 2.01. The molecular weight excluding hydrogens is 328 g/mol. The van der Waals surface area contributed by atoms with E-state index in [-0.39, 0.29) is 23.7 Å². The molecule has 2 aromatic carbocycles. The molecule has 0 saturated heterocycles. The Balaban J connectivity index is 1.87. The van der Waals surface area contributed by atoms with E-state index in [2.05, 4.69) is 6.92 Å². The van der Waals surface area contributed by atoms with E-state index >= 15 is 0 Å². The number of benzene rings is 2. The molecule has 0 amide bonds. The minimum atomic E-state index is -3.36. The Hall–Kier alpha value is -2.34. The van der Waals surface area contributed by atoms with Gasteiger partial charge in [-0.25, -0.2) is 13.2 Å². The highest BCUT2D eigenvalue weighted by molar-refractivity contribution is 7.90. The molecule has 0 fully saturated rings. The molecule has 0 unspecified atom stereocenters. The van der Waals surface area contributed by atoms with Crippen molar-refractivity contribution in [2.24, 2.45) is 0 Å². The van der Waals surface area contributed by atoms with Crippen LogP contribution in [0.2, 0.25) is 0 Å². The van der Waals surface area contributed by atoms with Crippen LogP contribution in [0.3, 0.4) is 0 Å². The molecule has 2 rings (SSSR count). The summed E-state index contributed by atoms with van der Waals surface area (Å²) in [7, 11) is -3.36. The van der Waals surface area contributed by atoms with Crippen LogP contribution in [0.25, 0.3) is 0 Å². The molecule has 0 radical (unpaired) electrons. The van der Waals surface area contributed by atoms with Crippen molar-refractivity contribution < 1.29 is 22.7 Å². The Labute approximate surface area is 142 Å². The van der Waals surface area contributed by atoms with E-state index in [1.165, 1.54) is 29.8 Å². The van der Waals surface area contributed by atoms with Crippen molar-refractivity contribution in [3.8, 4) is 5.75 Å². The molecule has 24 heavy (non-hydrogen) atoms. The molecule has 0 aliphatic rings. The lowest BCUT2D eigenvalue weighted by Crippen LogP contribution is -2.13. The van der Waals surface area contributed by atoms with Gasteiger partial charge in [0.1, 0.15) is 19.0 Å². The van der Waals surface area contributed by atoms with E-state index in [9.17, 15) is 13.2 Å². The normalized spacial score (nSPS) is 11.1. The predicted octanol–water partition coefficient (Wildman–Crippen LogP) is 2.89. The van der Waals surface area contributed by atoms with Gasteiger partial charge >= 0.3 is 5.97 Å². The van der Waals surface area contributed by atoms with Crippen LogP contribution in [0.1, 0.15) is 22.8 Å². The minimum absolute atomic E-state index is 0.0816. The Bertz CT molecular complexity index is 812. The van der Waals surface area contributed by atoms with Crippen molar-refractivity contribution in [3.05, 3.63) is 59.7 Å². The highest BCUT2D eigenvalue weighted by Gasteiger charge is 2.12. The van der Waals surface area contributed by atoms with Crippen LogP contribution in [0.4, 0.5) is 0 Å². The van der Waals surface area contributed by atoms with Crippen molar-refractivity contribution in [1.29, 1.82) is 0 Å². The first-order valence-corrected chi connectivity index (χ1v) is 9.48. The van der Waals surface area contributed by atoms with Gasteiger partial charge in [-0.2, -0.15) is 0 Å². The zero-order valence-electron chi connectivity index (χ0n) is 13.7. The Morgan fingerprint density at radius 2 is 1.79 bits per heavy atom. The van der Waals surface area contributed by atoms with Crippen molar-refractivity contribution in [3.63, 3.8) is 0 Å². The maximum Gasteiger partial charge on any atom is 0.338 e. The van der Waals surface area contributed by atoms with Gasteiger partial charge in [0.05, 0.1) is 10.5 Å². The lowest BCUT2D eigenvalue weighted by molar-refractivity contribution is 0.0450. The standard InChI is InChI=1S/C18H20O5S/c1-3-14-6-4-8-16(12-14)22-10-11-23-18(19)15-7-5-9-17(13-15)24(2,20)21/h4-9,12-13H,3,10-11H2,1-2H3. The summed E-state index contributed by atoms with van der Waals surface area (Å²) < 4.78 is 33.7. The molecule has 6 heteroatoms. The first kappa shape index (κ1) is 18.0. The Kier molecular flexibility index (Phi) is 5.98. The number of esters is 1. The highest BCUT2D eigenvalue weighted by Crippen LogP contribution is 2.14. The van der Waals surface area contributed by atoms with E-state index in [0.29, 0.717) is 0 Å². The second-order valence-electron chi connectivity index (χ2n) is 5.29. The summed E-state index contributed by atoms with van der Waals surface area (Å²) in [5.74, 6) is 0.149. The molecule has 0 heterocycles. The van der Waals surface area contributed by atoms with Gasteiger partial charge in [0, 0.05) is 6.26 Å². The van der Waals surface area contributed by atoms with Crippen LogP contribution < -0.4 is 4.74 Å². The number of hydrogen-bond donors (Lipinski definition) is 0. The van der Waals surface area contributed by atoms with Crippen molar-refractivity contribution >= 4 is 15.8 Å². The number of carbonyl (C=O) groups is 1. The fourth-order valence-corrected chi connectivity index (χ4v) is 2.75. The van der Waals surface area contributed by atoms with Gasteiger partial charge in [-0.3, -0.25) is 0 Å². The lowest BCUT2D eigenvalue weighted by Gasteiger charge is -2.09. The van der Waals surface area contributed by atoms with Crippen molar-refractivity contribution in [1.82, 2.24) is 0 Å². The summed E-state index contributed by atoms with van der Waals surface area (Å²) in [6.45, 7) is 2.37.